The Hall–Kier alpha value is -2.52. The molecule has 0 aliphatic rings. The average molecular weight is 301 g/mol. The molecule has 0 radical (unpaired) electrons. The first-order valence-corrected chi connectivity index (χ1v) is 7.80. The van der Waals surface area contributed by atoms with Gasteiger partial charge < -0.3 is 5.73 Å². The van der Waals surface area contributed by atoms with E-state index in [0.717, 1.165) is 0 Å². The Morgan fingerprint density at radius 1 is 1.05 bits per heavy atom. The maximum absolute atomic E-state index is 12.8. The molecule has 108 valence electrons. The van der Waals surface area contributed by atoms with Crippen LogP contribution in [0.4, 0.5) is 11.4 Å². The lowest BCUT2D eigenvalue weighted by Crippen LogP contribution is -2.32. The van der Waals surface area contributed by atoms with Crippen LogP contribution in [0.25, 0.3) is 0 Å². The van der Waals surface area contributed by atoms with Gasteiger partial charge in [0.1, 0.15) is 4.90 Å². The molecule has 0 unspecified atom stereocenters. The standard InChI is InChI=1S/C15H15N3O2S/c16-11-6-12-18(13-7-2-1-3-8-13)21(19,20)15-10-5-4-9-14(15)17/h1-5,7-10H,6,12,17H2. The summed E-state index contributed by atoms with van der Waals surface area (Å²) in [6.07, 6.45) is 0.0981. The van der Waals surface area contributed by atoms with Crippen LogP contribution in [0.5, 0.6) is 0 Å². The fourth-order valence-corrected chi connectivity index (χ4v) is 3.55. The highest BCUT2D eigenvalue weighted by Crippen LogP contribution is 2.26. The number of hydrogen-bond acceptors (Lipinski definition) is 4. The molecule has 2 aromatic carbocycles. The van der Waals surface area contributed by atoms with E-state index in [1.165, 1.54) is 10.4 Å². The van der Waals surface area contributed by atoms with E-state index in [4.69, 9.17) is 11.0 Å². The third-order valence-electron chi connectivity index (χ3n) is 2.96. The second kappa shape index (κ2) is 6.29. The van der Waals surface area contributed by atoms with Crippen LogP contribution in [0.15, 0.2) is 59.5 Å². The molecule has 2 rings (SSSR count). The molecule has 2 aromatic rings. The van der Waals surface area contributed by atoms with Gasteiger partial charge in [-0.2, -0.15) is 5.26 Å². The number of nitrogens with two attached hydrogens (primary N) is 1. The zero-order valence-electron chi connectivity index (χ0n) is 11.3. The zero-order valence-corrected chi connectivity index (χ0v) is 12.1. The first kappa shape index (κ1) is 14.9. The van der Waals surface area contributed by atoms with Gasteiger partial charge in [0.15, 0.2) is 0 Å². The lowest BCUT2D eigenvalue weighted by Gasteiger charge is -2.24. The van der Waals surface area contributed by atoms with Crippen LogP contribution < -0.4 is 10.0 Å². The molecule has 0 atom stereocenters. The third-order valence-corrected chi connectivity index (χ3v) is 4.86. The second-order valence-corrected chi connectivity index (χ2v) is 6.19. The summed E-state index contributed by atoms with van der Waals surface area (Å²) in [5, 5.41) is 8.76. The van der Waals surface area contributed by atoms with Gasteiger partial charge in [-0.3, -0.25) is 4.31 Å². The van der Waals surface area contributed by atoms with E-state index in [0.29, 0.717) is 5.69 Å². The summed E-state index contributed by atoms with van der Waals surface area (Å²) in [4.78, 5) is 0.0480. The summed E-state index contributed by atoms with van der Waals surface area (Å²) < 4.78 is 26.8. The Bertz CT molecular complexity index is 752. The van der Waals surface area contributed by atoms with E-state index in [-0.39, 0.29) is 23.5 Å². The smallest absolute Gasteiger partial charge is 0.266 e. The quantitative estimate of drug-likeness (QED) is 0.859. The first-order valence-electron chi connectivity index (χ1n) is 6.36. The number of para-hydroxylation sites is 2. The van der Waals surface area contributed by atoms with Crippen molar-refractivity contribution in [3.8, 4) is 6.07 Å². The van der Waals surface area contributed by atoms with Gasteiger partial charge in [-0.25, -0.2) is 8.42 Å². The Morgan fingerprint density at radius 2 is 1.67 bits per heavy atom. The van der Waals surface area contributed by atoms with Crippen molar-refractivity contribution in [3.05, 3.63) is 54.6 Å². The molecule has 0 saturated heterocycles. The third kappa shape index (κ3) is 3.15. The summed E-state index contributed by atoms with van der Waals surface area (Å²) in [7, 11) is -3.80. The topological polar surface area (TPSA) is 87.2 Å². The van der Waals surface area contributed by atoms with Crippen molar-refractivity contribution in [3.63, 3.8) is 0 Å². The van der Waals surface area contributed by atoms with E-state index in [9.17, 15) is 8.42 Å². The van der Waals surface area contributed by atoms with Crippen LogP contribution in [0, 0.1) is 11.3 Å². The zero-order chi connectivity index (χ0) is 15.3. The van der Waals surface area contributed by atoms with E-state index < -0.39 is 10.0 Å². The highest BCUT2D eigenvalue weighted by molar-refractivity contribution is 7.93. The molecule has 21 heavy (non-hydrogen) atoms. The fraction of sp³-hybridized carbons (Fsp3) is 0.133. The van der Waals surface area contributed by atoms with Crippen LogP contribution in [-0.2, 0) is 10.0 Å². The van der Waals surface area contributed by atoms with Gasteiger partial charge in [0.2, 0.25) is 0 Å². The SMILES string of the molecule is N#CCCN(c1ccccc1)S(=O)(=O)c1ccccc1N. The first-order chi connectivity index (χ1) is 10.1. The lowest BCUT2D eigenvalue weighted by molar-refractivity contribution is 0.591. The Balaban J connectivity index is 2.51. The number of nitrogens with zero attached hydrogens (tertiary/aromatic N) is 2. The molecular formula is C15H15N3O2S. The predicted octanol–water partition coefficient (Wildman–Crippen LogP) is 2.38. The summed E-state index contributed by atoms with van der Waals surface area (Å²) in [6, 6.07) is 17.0. The molecule has 0 saturated carbocycles. The number of rotatable bonds is 5. The lowest BCUT2D eigenvalue weighted by atomic mass is 10.3. The number of nitrogen functional groups attached to an aromatic ring is 1. The van der Waals surface area contributed by atoms with Gasteiger partial charge in [0, 0.05) is 6.54 Å². The molecule has 0 amide bonds. The van der Waals surface area contributed by atoms with E-state index in [2.05, 4.69) is 0 Å². The van der Waals surface area contributed by atoms with Gasteiger partial charge in [-0.1, -0.05) is 30.3 Å². The Labute approximate surface area is 124 Å². The minimum atomic E-state index is -3.80. The van der Waals surface area contributed by atoms with Gasteiger partial charge in [0.25, 0.3) is 10.0 Å². The molecule has 0 bridgehead atoms. The van der Waals surface area contributed by atoms with Crippen molar-refractivity contribution < 1.29 is 8.42 Å². The normalized spacial score (nSPS) is 10.8. The molecule has 2 N–H and O–H groups in total. The second-order valence-electron chi connectivity index (χ2n) is 4.36. The molecular weight excluding hydrogens is 286 g/mol. The van der Waals surface area contributed by atoms with Gasteiger partial charge >= 0.3 is 0 Å². The van der Waals surface area contributed by atoms with E-state index in [1.807, 2.05) is 6.07 Å². The van der Waals surface area contributed by atoms with Crippen molar-refractivity contribution in [1.82, 2.24) is 0 Å². The summed E-state index contributed by atoms with van der Waals surface area (Å²) in [6.45, 7) is 0.0805. The Morgan fingerprint density at radius 3 is 2.29 bits per heavy atom. The summed E-state index contributed by atoms with van der Waals surface area (Å²) in [5.41, 5.74) is 6.48. The van der Waals surface area contributed by atoms with Crippen LogP contribution in [0.3, 0.4) is 0 Å². The summed E-state index contributed by atoms with van der Waals surface area (Å²) in [5.74, 6) is 0. The minimum absolute atomic E-state index is 0.0480. The minimum Gasteiger partial charge on any atom is -0.398 e. The average Bonchev–Trinajstić information content (AvgIpc) is 2.49. The largest absolute Gasteiger partial charge is 0.398 e. The number of sulfonamides is 1. The van der Waals surface area contributed by atoms with Crippen molar-refractivity contribution in [2.75, 3.05) is 16.6 Å². The molecule has 0 spiro atoms. The molecule has 0 heterocycles. The highest BCUT2D eigenvalue weighted by atomic mass is 32.2. The number of hydrogen-bond donors (Lipinski definition) is 1. The van der Waals surface area contributed by atoms with Crippen LogP contribution >= 0.6 is 0 Å². The molecule has 0 aliphatic heterocycles. The van der Waals surface area contributed by atoms with Crippen LogP contribution in [0.1, 0.15) is 6.42 Å². The Kier molecular flexibility index (Phi) is 4.45. The molecule has 6 heteroatoms. The fourth-order valence-electron chi connectivity index (χ4n) is 1.97. The summed E-state index contributed by atoms with van der Waals surface area (Å²) >= 11 is 0. The molecule has 5 nitrogen and oxygen atoms in total. The number of anilines is 2. The molecule has 0 fully saturated rings. The highest BCUT2D eigenvalue weighted by Gasteiger charge is 2.26. The van der Waals surface area contributed by atoms with Crippen molar-refractivity contribution in [1.29, 1.82) is 5.26 Å². The van der Waals surface area contributed by atoms with Gasteiger partial charge in [0.05, 0.1) is 23.9 Å². The van der Waals surface area contributed by atoms with Crippen molar-refractivity contribution in [2.45, 2.75) is 11.3 Å². The number of benzene rings is 2. The van der Waals surface area contributed by atoms with Crippen LogP contribution in [-0.4, -0.2) is 15.0 Å². The van der Waals surface area contributed by atoms with E-state index >= 15 is 0 Å². The predicted molar refractivity (Wildman–Crippen MR) is 82.1 cm³/mol. The molecule has 0 aliphatic carbocycles. The van der Waals surface area contributed by atoms with Gasteiger partial charge in [-0.15, -0.1) is 0 Å². The van der Waals surface area contributed by atoms with Crippen molar-refractivity contribution >= 4 is 21.4 Å². The van der Waals surface area contributed by atoms with Crippen molar-refractivity contribution in [2.24, 2.45) is 0 Å². The van der Waals surface area contributed by atoms with Crippen LogP contribution in [0.2, 0.25) is 0 Å². The number of nitriles is 1. The maximum atomic E-state index is 12.8. The monoisotopic (exact) mass is 301 g/mol. The van der Waals surface area contributed by atoms with Gasteiger partial charge in [-0.05, 0) is 24.3 Å². The maximum Gasteiger partial charge on any atom is 0.266 e. The van der Waals surface area contributed by atoms with E-state index in [1.54, 1.807) is 48.5 Å². The molecule has 0 aromatic heterocycles.